The van der Waals surface area contributed by atoms with Crippen LogP contribution in [0.1, 0.15) is 38.2 Å². The van der Waals surface area contributed by atoms with Gasteiger partial charge < -0.3 is 4.90 Å². The highest BCUT2D eigenvalue weighted by molar-refractivity contribution is 5.78. The normalized spacial score (nSPS) is 23.5. The molecule has 26 heavy (non-hydrogen) atoms. The molecule has 2 atom stereocenters. The van der Waals surface area contributed by atoms with Crippen molar-refractivity contribution in [3.05, 3.63) is 59.8 Å². The van der Waals surface area contributed by atoms with Crippen molar-refractivity contribution in [1.82, 2.24) is 9.80 Å². The Balaban J connectivity index is 1.61. The molecule has 2 aliphatic rings. The molecule has 1 aliphatic heterocycles. The lowest BCUT2D eigenvalue weighted by atomic mass is 9.97. The van der Waals surface area contributed by atoms with E-state index in [2.05, 4.69) is 23.1 Å². The topological polar surface area (TPSA) is 23.6 Å². The second-order valence-electron chi connectivity index (χ2n) is 7.15. The number of alkyl halides is 1. The molecule has 0 spiro atoms. The van der Waals surface area contributed by atoms with E-state index in [0.29, 0.717) is 19.4 Å². The van der Waals surface area contributed by atoms with Gasteiger partial charge in [0.25, 0.3) is 0 Å². The number of hydrogen-bond donors (Lipinski definition) is 0. The van der Waals surface area contributed by atoms with Gasteiger partial charge in [-0.05, 0) is 37.3 Å². The molecular formula is C22H29FN2O. The lowest BCUT2D eigenvalue weighted by molar-refractivity contribution is -0.133. The number of nitrogens with zero attached hydrogens (tertiary/aromatic N) is 2. The number of hydrogen-bond acceptors (Lipinski definition) is 2. The lowest BCUT2D eigenvalue weighted by Crippen LogP contribution is -2.54. The molecule has 140 valence electrons. The van der Waals surface area contributed by atoms with Crippen LogP contribution in [0.2, 0.25) is 0 Å². The predicted molar refractivity (Wildman–Crippen MR) is 103 cm³/mol. The molecule has 4 heteroatoms. The summed E-state index contributed by atoms with van der Waals surface area (Å²) in [6, 6.07) is 10.0. The minimum atomic E-state index is -0.998. The number of piperidine rings is 1. The van der Waals surface area contributed by atoms with Gasteiger partial charge in [0, 0.05) is 31.8 Å². The molecule has 0 N–H and O–H groups in total. The number of amides is 1. The van der Waals surface area contributed by atoms with Crippen LogP contribution in [0.3, 0.4) is 0 Å². The zero-order chi connectivity index (χ0) is 18.4. The molecule has 1 heterocycles. The summed E-state index contributed by atoms with van der Waals surface area (Å²) in [5.74, 6) is 0.0388. The average Bonchev–Trinajstić information content (AvgIpc) is 2.69. The number of likely N-dealkylation sites (tertiary alicyclic amines) is 1. The third-order valence-electron chi connectivity index (χ3n) is 5.35. The van der Waals surface area contributed by atoms with E-state index in [1.807, 2.05) is 37.3 Å². The first-order valence-corrected chi connectivity index (χ1v) is 9.77. The SMILES string of the molecule is CCC(=O)N(C1=CC=CCC1)C1CCN(CCc2ccccc2)CC1F. The Morgan fingerprint density at radius 3 is 2.77 bits per heavy atom. The molecule has 0 radical (unpaired) electrons. The van der Waals surface area contributed by atoms with E-state index in [-0.39, 0.29) is 11.9 Å². The zero-order valence-corrected chi connectivity index (χ0v) is 15.6. The summed E-state index contributed by atoms with van der Waals surface area (Å²) in [6.45, 7) is 3.98. The molecule has 0 saturated carbocycles. The highest BCUT2D eigenvalue weighted by atomic mass is 19.1. The van der Waals surface area contributed by atoms with Gasteiger partial charge in [0.2, 0.25) is 5.91 Å². The van der Waals surface area contributed by atoms with E-state index in [9.17, 15) is 4.79 Å². The van der Waals surface area contributed by atoms with Crippen molar-refractivity contribution in [2.75, 3.05) is 19.6 Å². The Hall–Kier alpha value is -1.94. The molecule has 2 unspecified atom stereocenters. The molecule has 1 aliphatic carbocycles. The maximum absolute atomic E-state index is 15.0. The second kappa shape index (κ2) is 9.13. The summed E-state index contributed by atoms with van der Waals surface area (Å²) in [7, 11) is 0. The quantitative estimate of drug-likeness (QED) is 0.766. The molecule has 1 amide bonds. The van der Waals surface area contributed by atoms with Crippen LogP contribution >= 0.6 is 0 Å². The molecule has 3 nitrogen and oxygen atoms in total. The molecule has 0 bridgehead atoms. The molecule has 1 fully saturated rings. The van der Waals surface area contributed by atoms with E-state index >= 15 is 4.39 Å². The van der Waals surface area contributed by atoms with Gasteiger partial charge in [-0.3, -0.25) is 9.69 Å². The third kappa shape index (κ3) is 4.61. The minimum Gasteiger partial charge on any atom is -0.310 e. The summed E-state index contributed by atoms with van der Waals surface area (Å²) >= 11 is 0. The summed E-state index contributed by atoms with van der Waals surface area (Å²) in [5.41, 5.74) is 2.26. The Labute approximate surface area is 156 Å². The van der Waals surface area contributed by atoms with E-state index in [4.69, 9.17) is 0 Å². The Bertz CT molecular complexity index is 655. The average molecular weight is 356 g/mol. The number of allylic oxidation sites excluding steroid dienone is 4. The number of carbonyl (C=O) groups is 1. The van der Waals surface area contributed by atoms with Crippen molar-refractivity contribution in [3.63, 3.8) is 0 Å². The van der Waals surface area contributed by atoms with E-state index in [1.165, 1.54) is 5.56 Å². The third-order valence-corrected chi connectivity index (χ3v) is 5.35. The zero-order valence-electron chi connectivity index (χ0n) is 15.6. The van der Waals surface area contributed by atoms with Gasteiger partial charge in [0.1, 0.15) is 6.17 Å². The van der Waals surface area contributed by atoms with E-state index in [1.54, 1.807) is 4.90 Å². The number of benzene rings is 1. The standard InChI is InChI=1S/C22H29FN2O/c1-2-22(26)25(19-11-7-4-8-12-19)21-14-16-24(17-20(21)23)15-13-18-9-5-3-6-10-18/h3-7,9-11,20-21H,2,8,12-17H2,1H3. The number of rotatable bonds is 6. The van der Waals surface area contributed by atoms with Crippen LogP contribution in [0.4, 0.5) is 4.39 Å². The Morgan fingerprint density at radius 2 is 2.12 bits per heavy atom. The van der Waals surface area contributed by atoms with Crippen LogP contribution in [0.25, 0.3) is 0 Å². The van der Waals surface area contributed by atoms with Crippen LogP contribution in [0.15, 0.2) is 54.3 Å². The largest absolute Gasteiger partial charge is 0.310 e. The molecule has 1 aromatic carbocycles. The second-order valence-corrected chi connectivity index (χ2v) is 7.15. The first kappa shape index (κ1) is 18.8. The fourth-order valence-electron chi connectivity index (χ4n) is 3.90. The van der Waals surface area contributed by atoms with Gasteiger partial charge in [-0.1, -0.05) is 49.4 Å². The number of carbonyl (C=O) groups excluding carboxylic acids is 1. The highest BCUT2D eigenvalue weighted by Crippen LogP contribution is 2.27. The van der Waals surface area contributed by atoms with Gasteiger partial charge in [0.05, 0.1) is 6.04 Å². The van der Waals surface area contributed by atoms with Gasteiger partial charge in [-0.2, -0.15) is 0 Å². The van der Waals surface area contributed by atoms with Crippen molar-refractivity contribution in [1.29, 1.82) is 0 Å². The van der Waals surface area contributed by atoms with Crippen molar-refractivity contribution < 1.29 is 9.18 Å². The van der Waals surface area contributed by atoms with Crippen molar-refractivity contribution in [3.8, 4) is 0 Å². The Kier molecular flexibility index (Phi) is 6.62. The lowest BCUT2D eigenvalue weighted by Gasteiger charge is -2.42. The molecule has 0 aromatic heterocycles. The summed E-state index contributed by atoms with van der Waals surface area (Å²) < 4.78 is 15.0. The van der Waals surface area contributed by atoms with Crippen LogP contribution < -0.4 is 0 Å². The Morgan fingerprint density at radius 1 is 1.31 bits per heavy atom. The smallest absolute Gasteiger partial charge is 0.226 e. The fraction of sp³-hybridized carbons (Fsp3) is 0.500. The maximum atomic E-state index is 15.0. The minimum absolute atomic E-state index is 0.0388. The van der Waals surface area contributed by atoms with Gasteiger partial charge >= 0.3 is 0 Å². The maximum Gasteiger partial charge on any atom is 0.226 e. The van der Waals surface area contributed by atoms with Crippen LogP contribution in [-0.2, 0) is 11.2 Å². The van der Waals surface area contributed by atoms with Gasteiger partial charge in [-0.15, -0.1) is 0 Å². The first-order chi connectivity index (χ1) is 12.7. The number of halogens is 1. The van der Waals surface area contributed by atoms with Crippen molar-refractivity contribution in [2.45, 2.75) is 51.2 Å². The van der Waals surface area contributed by atoms with E-state index in [0.717, 1.165) is 38.0 Å². The van der Waals surface area contributed by atoms with Gasteiger partial charge in [0.15, 0.2) is 0 Å². The molecule has 3 rings (SSSR count). The molecular weight excluding hydrogens is 327 g/mol. The fourth-order valence-corrected chi connectivity index (χ4v) is 3.90. The van der Waals surface area contributed by atoms with Crippen LogP contribution in [0.5, 0.6) is 0 Å². The summed E-state index contributed by atoms with van der Waals surface area (Å²) in [5, 5.41) is 0. The van der Waals surface area contributed by atoms with Crippen LogP contribution in [0, 0.1) is 0 Å². The van der Waals surface area contributed by atoms with Crippen LogP contribution in [-0.4, -0.2) is 47.6 Å². The van der Waals surface area contributed by atoms with Crippen molar-refractivity contribution in [2.24, 2.45) is 0 Å². The van der Waals surface area contributed by atoms with Crippen molar-refractivity contribution >= 4 is 5.91 Å². The first-order valence-electron chi connectivity index (χ1n) is 9.77. The predicted octanol–water partition coefficient (Wildman–Crippen LogP) is 4.11. The summed E-state index contributed by atoms with van der Waals surface area (Å²) in [4.78, 5) is 16.5. The van der Waals surface area contributed by atoms with E-state index < -0.39 is 6.17 Å². The molecule has 1 saturated heterocycles. The molecule has 1 aromatic rings. The highest BCUT2D eigenvalue weighted by Gasteiger charge is 2.36. The summed E-state index contributed by atoms with van der Waals surface area (Å²) in [6.07, 6.45) is 8.85. The van der Waals surface area contributed by atoms with Gasteiger partial charge in [-0.25, -0.2) is 4.39 Å². The monoisotopic (exact) mass is 356 g/mol.